The molecule has 0 radical (unpaired) electrons. The number of H-pyrrole nitrogens is 1. The van der Waals surface area contributed by atoms with E-state index in [1.807, 2.05) is 18.2 Å². The van der Waals surface area contributed by atoms with Gasteiger partial charge in [-0.05, 0) is 18.6 Å². The first-order valence-electron chi connectivity index (χ1n) is 8.55. The molecule has 1 aliphatic heterocycles. The van der Waals surface area contributed by atoms with Crippen LogP contribution in [0.15, 0.2) is 53.6 Å². The van der Waals surface area contributed by atoms with Gasteiger partial charge in [0.25, 0.3) is 0 Å². The van der Waals surface area contributed by atoms with Gasteiger partial charge in [-0.1, -0.05) is 30.3 Å². The second kappa shape index (κ2) is 6.57. The van der Waals surface area contributed by atoms with Gasteiger partial charge >= 0.3 is 0 Å². The van der Waals surface area contributed by atoms with Crippen molar-refractivity contribution in [2.24, 2.45) is 0 Å². The van der Waals surface area contributed by atoms with E-state index in [-0.39, 0.29) is 4.90 Å². The minimum absolute atomic E-state index is 0.247. The third kappa shape index (κ3) is 3.22. The first kappa shape index (κ1) is 16.8. The number of hydrogen-bond donors (Lipinski definition) is 1. The summed E-state index contributed by atoms with van der Waals surface area (Å²) in [6, 6.07) is 13.6. The van der Waals surface area contributed by atoms with Crippen LogP contribution in [0.1, 0.15) is 11.3 Å². The van der Waals surface area contributed by atoms with Crippen LogP contribution in [0.4, 0.5) is 5.82 Å². The normalized spacial score (nSPS) is 14.7. The summed E-state index contributed by atoms with van der Waals surface area (Å²) in [5.41, 5.74) is 4.56. The lowest BCUT2D eigenvalue weighted by molar-refractivity contribution is 0.601. The van der Waals surface area contributed by atoms with Crippen molar-refractivity contribution in [3.05, 3.63) is 59.9 Å². The van der Waals surface area contributed by atoms with Gasteiger partial charge in [0, 0.05) is 48.8 Å². The van der Waals surface area contributed by atoms with Crippen molar-refractivity contribution in [2.75, 3.05) is 24.2 Å². The Labute approximate surface area is 152 Å². The Hall–Kier alpha value is -2.67. The van der Waals surface area contributed by atoms with E-state index in [1.165, 1.54) is 23.7 Å². The van der Waals surface area contributed by atoms with Crippen molar-refractivity contribution < 1.29 is 8.42 Å². The van der Waals surface area contributed by atoms with Crippen molar-refractivity contribution in [3.8, 4) is 11.3 Å². The average molecular weight is 368 g/mol. The summed E-state index contributed by atoms with van der Waals surface area (Å²) in [7, 11) is -3.22. The molecule has 3 heterocycles. The van der Waals surface area contributed by atoms with E-state index in [1.54, 1.807) is 12.1 Å². The molecule has 7 heteroatoms. The highest BCUT2D eigenvalue weighted by molar-refractivity contribution is 7.90. The quantitative estimate of drug-likeness (QED) is 0.768. The Bertz CT molecular complexity index is 1010. The minimum Gasteiger partial charge on any atom is -0.356 e. The van der Waals surface area contributed by atoms with E-state index in [0.717, 1.165) is 43.0 Å². The fourth-order valence-electron chi connectivity index (χ4n) is 3.33. The molecule has 1 aromatic carbocycles. The van der Waals surface area contributed by atoms with Crippen molar-refractivity contribution in [2.45, 2.75) is 17.7 Å². The van der Waals surface area contributed by atoms with E-state index < -0.39 is 9.84 Å². The molecule has 0 bridgehead atoms. The zero-order chi connectivity index (χ0) is 18.1. The van der Waals surface area contributed by atoms with Gasteiger partial charge in [-0.2, -0.15) is 5.10 Å². The maximum Gasteiger partial charge on any atom is 0.177 e. The van der Waals surface area contributed by atoms with Crippen LogP contribution in [0.3, 0.4) is 0 Å². The van der Waals surface area contributed by atoms with Gasteiger partial charge in [0.15, 0.2) is 9.84 Å². The van der Waals surface area contributed by atoms with E-state index in [9.17, 15) is 8.42 Å². The smallest absolute Gasteiger partial charge is 0.177 e. The Balaban J connectivity index is 1.57. The van der Waals surface area contributed by atoms with Crippen LogP contribution in [0.25, 0.3) is 11.3 Å². The number of aromatic amines is 1. The van der Waals surface area contributed by atoms with Gasteiger partial charge in [0.2, 0.25) is 0 Å². The van der Waals surface area contributed by atoms with E-state index in [0.29, 0.717) is 0 Å². The number of hydrogen-bond acceptors (Lipinski definition) is 5. The maximum absolute atomic E-state index is 11.6. The molecule has 0 spiro atoms. The molecule has 0 saturated carbocycles. The van der Waals surface area contributed by atoms with Crippen molar-refractivity contribution in [1.29, 1.82) is 0 Å². The van der Waals surface area contributed by atoms with Gasteiger partial charge < -0.3 is 4.90 Å². The first-order valence-corrected chi connectivity index (χ1v) is 10.4. The average Bonchev–Trinajstić information content (AvgIpc) is 2.93. The van der Waals surface area contributed by atoms with Gasteiger partial charge in [-0.25, -0.2) is 13.4 Å². The Kier molecular flexibility index (Phi) is 4.24. The fourth-order valence-corrected chi connectivity index (χ4v) is 3.88. The number of fused-ring (bicyclic) bond motifs is 1. The molecule has 0 atom stereocenters. The molecule has 1 N–H and O–H groups in total. The molecule has 0 amide bonds. The summed E-state index contributed by atoms with van der Waals surface area (Å²) in [6.07, 6.45) is 4.35. The summed E-state index contributed by atoms with van der Waals surface area (Å²) < 4.78 is 23.2. The van der Waals surface area contributed by atoms with Crippen molar-refractivity contribution in [3.63, 3.8) is 0 Å². The summed E-state index contributed by atoms with van der Waals surface area (Å²) in [6.45, 7) is 1.63. The van der Waals surface area contributed by atoms with E-state index >= 15 is 0 Å². The van der Waals surface area contributed by atoms with Crippen LogP contribution in [-0.2, 0) is 22.7 Å². The molecule has 134 valence electrons. The Morgan fingerprint density at radius 3 is 2.50 bits per heavy atom. The van der Waals surface area contributed by atoms with Gasteiger partial charge in [-0.15, -0.1) is 0 Å². The molecule has 2 aromatic heterocycles. The number of sulfone groups is 1. The SMILES string of the molecule is CS(=O)(=O)c1ccc(N2CCc3[nH]nc(-c4ccccc4)c3CC2)nc1. The van der Waals surface area contributed by atoms with Gasteiger partial charge in [0.05, 0.1) is 10.6 Å². The molecule has 3 aromatic rings. The lowest BCUT2D eigenvalue weighted by Gasteiger charge is -2.21. The van der Waals surface area contributed by atoms with E-state index in [2.05, 4.69) is 32.2 Å². The topological polar surface area (TPSA) is 79.0 Å². The molecule has 26 heavy (non-hydrogen) atoms. The zero-order valence-corrected chi connectivity index (χ0v) is 15.3. The standard InChI is InChI=1S/C19H20N4O2S/c1-26(24,25)15-7-8-18(20-13-15)23-11-9-16-17(10-12-23)21-22-19(16)14-5-3-2-4-6-14/h2-8,13H,9-12H2,1H3,(H,21,22). The lowest BCUT2D eigenvalue weighted by atomic mass is 10.0. The monoisotopic (exact) mass is 368 g/mol. The third-order valence-electron chi connectivity index (χ3n) is 4.74. The van der Waals surface area contributed by atoms with Crippen LogP contribution >= 0.6 is 0 Å². The minimum atomic E-state index is -3.22. The van der Waals surface area contributed by atoms with Gasteiger partial charge in [0.1, 0.15) is 5.82 Å². The van der Waals surface area contributed by atoms with Crippen LogP contribution in [0.2, 0.25) is 0 Å². The highest BCUT2D eigenvalue weighted by atomic mass is 32.2. The second-order valence-corrected chi connectivity index (χ2v) is 8.52. The predicted octanol–water partition coefficient (Wildman–Crippen LogP) is 2.48. The molecule has 0 fully saturated rings. The molecule has 0 saturated heterocycles. The lowest BCUT2D eigenvalue weighted by Crippen LogP contribution is -2.27. The molecule has 0 aliphatic carbocycles. The number of aromatic nitrogens is 3. The number of anilines is 1. The highest BCUT2D eigenvalue weighted by Gasteiger charge is 2.21. The third-order valence-corrected chi connectivity index (χ3v) is 5.83. The number of rotatable bonds is 3. The van der Waals surface area contributed by atoms with Crippen LogP contribution in [0.5, 0.6) is 0 Å². The molecule has 0 unspecified atom stereocenters. The van der Waals surface area contributed by atoms with Crippen molar-refractivity contribution >= 4 is 15.7 Å². The number of benzene rings is 1. The fraction of sp³-hybridized carbons (Fsp3) is 0.263. The number of nitrogens with zero attached hydrogens (tertiary/aromatic N) is 3. The van der Waals surface area contributed by atoms with Crippen LogP contribution in [-0.4, -0.2) is 42.9 Å². The number of nitrogens with one attached hydrogen (secondary N) is 1. The molecule has 4 rings (SSSR count). The molecular weight excluding hydrogens is 348 g/mol. The Morgan fingerprint density at radius 2 is 1.81 bits per heavy atom. The zero-order valence-electron chi connectivity index (χ0n) is 14.5. The van der Waals surface area contributed by atoms with E-state index in [4.69, 9.17) is 0 Å². The summed E-state index contributed by atoms with van der Waals surface area (Å²) in [4.78, 5) is 6.80. The summed E-state index contributed by atoms with van der Waals surface area (Å²) >= 11 is 0. The molecule has 6 nitrogen and oxygen atoms in total. The van der Waals surface area contributed by atoms with Crippen LogP contribution in [0, 0.1) is 0 Å². The first-order chi connectivity index (χ1) is 12.5. The van der Waals surface area contributed by atoms with Crippen molar-refractivity contribution in [1.82, 2.24) is 15.2 Å². The largest absolute Gasteiger partial charge is 0.356 e. The predicted molar refractivity (Wildman–Crippen MR) is 101 cm³/mol. The molecule has 1 aliphatic rings. The second-order valence-electron chi connectivity index (χ2n) is 6.51. The maximum atomic E-state index is 11.6. The van der Waals surface area contributed by atoms with Gasteiger partial charge in [-0.3, -0.25) is 5.10 Å². The number of pyridine rings is 1. The summed E-state index contributed by atoms with van der Waals surface area (Å²) in [5.74, 6) is 0.803. The molecular formula is C19H20N4O2S. The Morgan fingerprint density at radius 1 is 1.04 bits per heavy atom. The highest BCUT2D eigenvalue weighted by Crippen LogP contribution is 2.27. The summed E-state index contributed by atoms with van der Waals surface area (Å²) in [5, 5.41) is 7.71. The van der Waals surface area contributed by atoms with Crippen LogP contribution < -0.4 is 4.90 Å².